The van der Waals surface area contributed by atoms with Crippen LogP contribution in [0.5, 0.6) is 0 Å². The van der Waals surface area contributed by atoms with Gasteiger partial charge in [-0.1, -0.05) is 26.7 Å². The summed E-state index contributed by atoms with van der Waals surface area (Å²) in [6, 6.07) is 0. The van der Waals surface area contributed by atoms with E-state index in [0.29, 0.717) is 0 Å². The van der Waals surface area contributed by atoms with Crippen molar-refractivity contribution in [3.63, 3.8) is 0 Å². The third-order valence-electron chi connectivity index (χ3n) is 7.52. The van der Waals surface area contributed by atoms with Crippen LogP contribution in [0.3, 0.4) is 0 Å². The molecule has 0 saturated heterocycles. The third-order valence-corrected chi connectivity index (χ3v) is 7.52. The van der Waals surface area contributed by atoms with Crippen LogP contribution in [0.25, 0.3) is 0 Å². The summed E-state index contributed by atoms with van der Waals surface area (Å²) >= 11 is 0. The zero-order chi connectivity index (χ0) is 11.6. The first-order chi connectivity index (χ1) is 8.22. The van der Waals surface area contributed by atoms with Crippen LogP contribution < -0.4 is 0 Å². The lowest BCUT2D eigenvalue weighted by atomic mass is 9.58. The Hall–Kier alpha value is 0. The second kappa shape index (κ2) is 3.52. The number of fused-ring (bicyclic) bond motifs is 4. The van der Waals surface area contributed by atoms with E-state index in [1.165, 1.54) is 6.42 Å². The maximum Gasteiger partial charge on any atom is -0.0261 e. The average molecular weight is 232 g/mol. The molecule has 0 aromatic heterocycles. The van der Waals surface area contributed by atoms with Crippen molar-refractivity contribution >= 4 is 0 Å². The van der Waals surface area contributed by atoms with Gasteiger partial charge < -0.3 is 0 Å². The van der Waals surface area contributed by atoms with Gasteiger partial charge in [-0.05, 0) is 79.4 Å². The van der Waals surface area contributed by atoms with Crippen LogP contribution in [-0.4, -0.2) is 0 Å². The Balaban J connectivity index is 1.65. The van der Waals surface area contributed by atoms with E-state index in [-0.39, 0.29) is 0 Å². The molecule has 4 rings (SSSR count). The van der Waals surface area contributed by atoms with Gasteiger partial charge in [0.2, 0.25) is 0 Å². The molecule has 0 aromatic carbocycles. The molecule has 0 radical (unpaired) electrons. The standard InChI is InChI=1S/C17H28/c1-3-15-12-5-6-13(9-12)16(15)17(2)10-11-4-7-14(17)8-11/h11-16H,3-10H2,1-2H3. The van der Waals surface area contributed by atoms with Crippen LogP contribution >= 0.6 is 0 Å². The van der Waals surface area contributed by atoms with Crippen molar-refractivity contribution in [2.24, 2.45) is 40.9 Å². The molecule has 4 aliphatic rings. The average Bonchev–Trinajstić information content (AvgIpc) is 3.05. The molecule has 4 bridgehead atoms. The molecule has 96 valence electrons. The summed E-state index contributed by atoms with van der Waals surface area (Å²) in [5.74, 6) is 6.74. The summed E-state index contributed by atoms with van der Waals surface area (Å²) in [6.45, 7) is 5.17. The lowest BCUT2D eigenvalue weighted by Gasteiger charge is -2.47. The predicted octanol–water partition coefficient (Wildman–Crippen LogP) is 4.89. The second-order valence-electron chi connectivity index (χ2n) is 8.02. The molecular weight excluding hydrogens is 204 g/mol. The molecule has 7 unspecified atom stereocenters. The van der Waals surface area contributed by atoms with Gasteiger partial charge in [-0.2, -0.15) is 0 Å². The van der Waals surface area contributed by atoms with Crippen molar-refractivity contribution in [2.75, 3.05) is 0 Å². The highest BCUT2D eigenvalue weighted by molar-refractivity contribution is 5.09. The topological polar surface area (TPSA) is 0 Å². The summed E-state index contributed by atoms with van der Waals surface area (Å²) in [5, 5.41) is 0. The zero-order valence-corrected chi connectivity index (χ0v) is 11.6. The highest BCUT2D eigenvalue weighted by Gasteiger charge is 2.59. The van der Waals surface area contributed by atoms with Crippen molar-refractivity contribution in [1.82, 2.24) is 0 Å². The quantitative estimate of drug-likeness (QED) is 0.636. The Morgan fingerprint density at radius 3 is 2.47 bits per heavy atom. The van der Waals surface area contributed by atoms with E-state index in [9.17, 15) is 0 Å². The molecule has 0 nitrogen and oxygen atoms in total. The van der Waals surface area contributed by atoms with Gasteiger partial charge in [0, 0.05) is 0 Å². The summed E-state index contributed by atoms with van der Waals surface area (Å²) in [4.78, 5) is 0. The maximum absolute atomic E-state index is 2.70. The van der Waals surface area contributed by atoms with Crippen molar-refractivity contribution in [3.05, 3.63) is 0 Å². The van der Waals surface area contributed by atoms with Crippen LogP contribution in [0.1, 0.15) is 65.2 Å². The van der Waals surface area contributed by atoms with Crippen LogP contribution in [-0.2, 0) is 0 Å². The normalized spacial score (nSPS) is 60.4. The lowest BCUT2D eigenvalue weighted by Crippen LogP contribution is -2.40. The molecular formula is C17H28. The van der Waals surface area contributed by atoms with E-state index >= 15 is 0 Å². The lowest BCUT2D eigenvalue weighted by molar-refractivity contribution is 0.0154. The Bertz CT molecular complexity index is 320. The molecule has 0 aliphatic heterocycles. The van der Waals surface area contributed by atoms with Gasteiger partial charge in [-0.25, -0.2) is 0 Å². The highest BCUT2D eigenvalue weighted by atomic mass is 14.6. The summed E-state index contributed by atoms with van der Waals surface area (Å²) in [5.41, 5.74) is 0.767. The van der Waals surface area contributed by atoms with Crippen molar-refractivity contribution in [1.29, 1.82) is 0 Å². The van der Waals surface area contributed by atoms with E-state index < -0.39 is 0 Å². The summed E-state index contributed by atoms with van der Waals surface area (Å²) in [7, 11) is 0. The molecule has 4 aliphatic carbocycles. The van der Waals surface area contributed by atoms with E-state index in [1.807, 2.05) is 0 Å². The SMILES string of the molecule is CCC1C2CCC(C2)C1C1(C)CC2CCC1C2. The minimum absolute atomic E-state index is 0.767. The fourth-order valence-electron chi connectivity index (χ4n) is 7.08. The molecule has 17 heavy (non-hydrogen) atoms. The van der Waals surface area contributed by atoms with E-state index in [0.717, 1.165) is 40.9 Å². The molecule has 7 atom stereocenters. The molecule has 4 saturated carbocycles. The Morgan fingerprint density at radius 2 is 1.82 bits per heavy atom. The molecule has 0 N–H and O–H groups in total. The Labute approximate surface area is 107 Å². The van der Waals surface area contributed by atoms with E-state index in [2.05, 4.69) is 13.8 Å². The number of hydrogen-bond acceptors (Lipinski definition) is 0. The van der Waals surface area contributed by atoms with Gasteiger partial charge >= 0.3 is 0 Å². The molecule has 4 fully saturated rings. The minimum Gasteiger partial charge on any atom is -0.0651 e. The fraction of sp³-hybridized carbons (Fsp3) is 1.00. The smallest absolute Gasteiger partial charge is 0.0261 e. The minimum atomic E-state index is 0.767. The molecule has 0 aromatic rings. The first-order valence-electron chi connectivity index (χ1n) is 8.22. The molecule has 0 spiro atoms. The van der Waals surface area contributed by atoms with Gasteiger partial charge in [0.25, 0.3) is 0 Å². The van der Waals surface area contributed by atoms with Gasteiger partial charge in [0.15, 0.2) is 0 Å². The van der Waals surface area contributed by atoms with Gasteiger partial charge in [-0.3, -0.25) is 0 Å². The Kier molecular flexibility index (Phi) is 2.25. The van der Waals surface area contributed by atoms with Crippen molar-refractivity contribution in [3.8, 4) is 0 Å². The van der Waals surface area contributed by atoms with Crippen LogP contribution in [0.15, 0.2) is 0 Å². The fourth-order valence-corrected chi connectivity index (χ4v) is 7.08. The van der Waals surface area contributed by atoms with Gasteiger partial charge in [0.1, 0.15) is 0 Å². The predicted molar refractivity (Wildman–Crippen MR) is 71.7 cm³/mol. The third kappa shape index (κ3) is 1.31. The second-order valence-corrected chi connectivity index (χ2v) is 8.02. The van der Waals surface area contributed by atoms with E-state index in [4.69, 9.17) is 0 Å². The summed E-state index contributed by atoms with van der Waals surface area (Å²) in [6.07, 6.45) is 12.6. The van der Waals surface area contributed by atoms with Gasteiger partial charge in [0.05, 0.1) is 0 Å². The van der Waals surface area contributed by atoms with Crippen LogP contribution in [0, 0.1) is 40.9 Å². The number of rotatable bonds is 2. The highest BCUT2D eigenvalue weighted by Crippen LogP contribution is 2.68. The number of hydrogen-bond donors (Lipinski definition) is 0. The first kappa shape index (κ1) is 10.9. The Morgan fingerprint density at radius 1 is 1.00 bits per heavy atom. The largest absolute Gasteiger partial charge is 0.0651 e. The van der Waals surface area contributed by atoms with Crippen molar-refractivity contribution in [2.45, 2.75) is 65.2 Å². The first-order valence-corrected chi connectivity index (χ1v) is 8.22. The molecule has 0 heterocycles. The van der Waals surface area contributed by atoms with Crippen LogP contribution in [0.4, 0.5) is 0 Å². The van der Waals surface area contributed by atoms with Gasteiger partial charge in [-0.15, -0.1) is 0 Å². The summed E-state index contributed by atoms with van der Waals surface area (Å²) < 4.78 is 0. The zero-order valence-electron chi connectivity index (χ0n) is 11.6. The van der Waals surface area contributed by atoms with Crippen molar-refractivity contribution < 1.29 is 0 Å². The van der Waals surface area contributed by atoms with Crippen LogP contribution in [0.2, 0.25) is 0 Å². The maximum atomic E-state index is 2.70. The molecule has 0 heteroatoms. The molecule has 0 amide bonds. The van der Waals surface area contributed by atoms with E-state index in [1.54, 1.807) is 44.9 Å². The monoisotopic (exact) mass is 232 g/mol.